The van der Waals surface area contributed by atoms with Crippen LogP contribution in [0.1, 0.15) is 32.3 Å². The van der Waals surface area contributed by atoms with Gasteiger partial charge in [-0.3, -0.25) is 4.79 Å². The fourth-order valence-corrected chi connectivity index (χ4v) is 2.78. The highest BCUT2D eigenvalue weighted by atomic mass is 35.5. The van der Waals surface area contributed by atoms with Crippen molar-refractivity contribution in [1.82, 2.24) is 10.2 Å². The molecule has 1 heterocycles. The largest absolute Gasteiger partial charge is 0.336 e. The number of rotatable bonds is 3. The summed E-state index contributed by atoms with van der Waals surface area (Å²) in [7, 11) is 0. The van der Waals surface area contributed by atoms with E-state index in [0.29, 0.717) is 6.42 Å². The average molecular weight is 295 g/mol. The molecular weight excluding hydrogens is 272 g/mol. The van der Waals surface area contributed by atoms with Gasteiger partial charge < -0.3 is 10.2 Å². The zero-order valence-corrected chi connectivity index (χ0v) is 13.0. The Labute approximate surface area is 126 Å². The second-order valence-corrected chi connectivity index (χ2v) is 6.45. The molecule has 0 aromatic heterocycles. The Balaban J connectivity index is 1.94. The maximum atomic E-state index is 12.5. The summed E-state index contributed by atoms with van der Waals surface area (Å²) in [5.74, 6) is 0.244. The summed E-state index contributed by atoms with van der Waals surface area (Å²) in [5, 5.41) is 4.13. The lowest BCUT2D eigenvalue weighted by Crippen LogP contribution is -2.51. The van der Waals surface area contributed by atoms with Gasteiger partial charge >= 0.3 is 0 Å². The van der Waals surface area contributed by atoms with E-state index in [1.165, 1.54) is 0 Å². The van der Waals surface area contributed by atoms with Crippen molar-refractivity contribution in [3.63, 3.8) is 0 Å². The molecule has 1 aromatic carbocycles. The van der Waals surface area contributed by atoms with Crippen LogP contribution in [0.2, 0.25) is 5.02 Å². The normalized spacial score (nSPS) is 18.6. The van der Waals surface area contributed by atoms with E-state index < -0.39 is 0 Å². The maximum Gasteiger partial charge on any atom is 0.223 e. The number of aryl methyl sites for hydroxylation is 1. The quantitative estimate of drug-likeness (QED) is 0.930. The predicted molar refractivity (Wildman–Crippen MR) is 83.1 cm³/mol. The minimum atomic E-state index is -0.104. The molecule has 0 radical (unpaired) electrons. The van der Waals surface area contributed by atoms with E-state index in [9.17, 15) is 4.79 Å². The number of nitrogens with one attached hydrogen (secondary N) is 1. The number of halogens is 1. The third-order valence-corrected chi connectivity index (χ3v) is 4.12. The summed E-state index contributed by atoms with van der Waals surface area (Å²) in [4.78, 5) is 14.5. The molecule has 1 aromatic rings. The minimum absolute atomic E-state index is 0.104. The zero-order chi connectivity index (χ0) is 14.6. The maximum absolute atomic E-state index is 12.5. The molecule has 0 spiro atoms. The van der Waals surface area contributed by atoms with Crippen LogP contribution in [0.25, 0.3) is 0 Å². The van der Waals surface area contributed by atoms with Crippen molar-refractivity contribution in [3.05, 3.63) is 34.9 Å². The molecule has 1 fully saturated rings. The lowest BCUT2D eigenvalue weighted by molar-refractivity contribution is -0.136. The lowest BCUT2D eigenvalue weighted by Gasteiger charge is -2.37. The van der Waals surface area contributed by atoms with Gasteiger partial charge in [0.15, 0.2) is 0 Å². The van der Waals surface area contributed by atoms with Crippen LogP contribution in [0, 0.1) is 0 Å². The van der Waals surface area contributed by atoms with Crippen LogP contribution >= 0.6 is 11.6 Å². The van der Waals surface area contributed by atoms with Gasteiger partial charge in [0.25, 0.3) is 0 Å². The lowest BCUT2D eigenvalue weighted by atomic mass is 10.0. The van der Waals surface area contributed by atoms with Crippen molar-refractivity contribution in [3.8, 4) is 0 Å². The second-order valence-electron chi connectivity index (χ2n) is 6.01. The standard InChI is InChI=1S/C16H23ClN2O/c1-16(2)12-18-10-3-11-19(16)15(20)9-6-13-4-7-14(17)8-5-13/h4-5,7-8,18H,3,6,9-12H2,1-2H3. The van der Waals surface area contributed by atoms with E-state index >= 15 is 0 Å². The van der Waals surface area contributed by atoms with E-state index in [2.05, 4.69) is 19.2 Å². The Hall–Kier alpha value is -1.06. The summed E-state index contributed by atoms with van der Waals surface area (Å²) < 4.78 is 0. The van der Waals surface area contributed by atoms with Gasteiger partial charge in [-0.15, -0.1) is 0 Å². The van der Waals surface area contributed by atoms with Gasteiger partial charge in [0, 0.05) is 30.1 Å². The van der Waals surface area contributed by atoms with Crippen molar-refractivity contribution >= 4 is 17.5 Å². The van der Waals surface area contributed by atoms with Crippen LogP contribution in [0.3, 0.4) is 0 Å². The number of carbonyl (C=O) groups is 1. The van der Waals surface area contributed by atoms with Gasteiger partial charge in [0.05, 0.1) is 0 Å². The van der Waals surface area contributed by atoms with Crippen molar-refractivity contribution in [2.24, 2.45) is 0 Å². The van der Waals surface area contributed by atoms with Crippen LogP contribution in [-0.2, 0) is 11.2 Å². The van der Waals surface area contributed by atoms with Gasteiger partial charge in [-0.2, -0.15) is 0 Å². The highest BCUT2D eigenvalue weighted by Crippen LogP contribution is 2.19. The summed E-state index contributed by atoms with van der Waals surface area (Å²) in [6.45, 7) is 6.96. The van der Waals surface area contributed by atoms with Crippen molar-refractivity contribution in [1.29, 1.82) is 0 Å². The van der Waals surface area contributed by atoms with Crippen LogP contribution in [0.5, 0.6) is 0 Å². The van der Waals surface area contributed by atoms with E-state index in [-0.39, 0.29) is 11.4 Å². The van der Waals surface area contributed by atoms with Crippen molar-refractivity contribution in [2.75, 3.05) is 19.6 Å². The number of hydrogen-bond donors (Lipinski definition) is 1. The smallest absolute Gasteiger partial charge is 0.223 e. The Morgan fingerprint density at radius 3 is 2.75 bits per heavy atom. The highest BCUT2D eigenvalue weighted by Gasteiger charge is 2.31. The zero-order valence-electron chi connectivity index (χ0n) is 12.3. The molecule has 1 saturated heterocycles. The van der Waals surface area contributed by atoms with Gasteiger partial charge in [-0.05, 0) is 50.9 Å². The van der Waals surface area contributed by atoms with Gasteiger partial charge in [0.2, 0.25) is 5.91 Å². The first-order valence-corrected chi connectivity index (χ1v) is 7.62. The van der Waals surface area contributed by atoms with E-state index in [1.807, 2.05) is 29.2 Å². The average Bonchev–Trinajstić information content (AvgIpc) is 2.58. The summed E-state index contributed by atoms with van der Waals surface area (Å²) >= 11 is 5.87. The molecule has 0 atom stereocenters. The molecule has 110 valence electrons. The number of nitrogens with zero attached hydrogens (tertiary/aromatic N) is 1. The Morgan fingerprint density at radius 2 is 2.05 bits per heavy atom. The number of benzene rings is 1. The van der Waals surface area contributed by atoms with Gasteiger partial charge in [-0.25, -0.2) is 0 Å². The molecule has 1 aliphatic heterocycles. The molecule has 0 saturated carbocycles. The summed E-state index contributed by atoms with van der Waals surface area (Å²) in [5.41, 5.74) is 1.06. The van der Waals surface area contributed by atoms with Crippen LogP contribution in [-0.4, -0.2) is 36.0 Å². The molecule has 3 nitrogen and oxygen atoms in total. The van der Waals surface area contributed by atoms with E-state index in [1.54, 1.807) is 0 Å². The third kappa shape index (κ3) is 3.97. The van der Waals surface area contributed by atoms with Crippen molar-refractivity contribution < 1.29 is 4.79 Å². The monoisotopic (exact) mass is 294 g/mol. The molecule has 0 bridgehead atoms. The van der Waals surface area contributed by atoms with Gasteiger partial charge in [0.1, 0.15) is 0 Å². The van der Waals surface area contributed by atoms with Crippen LogP contribution in [0.15, 0.2) is 24.3 Å². The van der Waals surface area contributed by atoms with Crippen LogP contribution < -0.4 is 5.32 Å². The Kier molecular flexibility index (Phi) is 5.06. The summed E-state index contributed by atoms with van der Waals surface area (Å²) in [6.07, 6.45) is 2.36. The molecule has 1 aliphatic rings. The molecule has 2 rings (SSSR count). The van der Waals surface area contributed by atoms with Crippen LogP contribution in [0.4, 0.5) is 0 Å². The molecular formula is C16H23ClN2O. The molecule has 0 unspecified atom stereocenters. The fraction of sp³-hybridized carbons (Fsp3) is 0.562. The number of hydrogen-bond acceptors (Lipinski definition) is 2. The third-order valence-electron chi connectivity index (χ3n) is 3.87. The number of carbonyl (C=O) groups excluding carboxylic acids is 1. The highest BCUT2D eigenvalue weighted by molar-refractivity contribution is 6.30. The molecule has 1 N–H and O–H groups in total. The van der Waals surface area contributed by atoms with E-state index in [4.69, 9.17) is 11.6 Å². The predicted octanol–water partition coefficient (Wildman–Crippen LogP) is 2.87. The fourth-order valence-electron chi connectivity index (χ4n) is 2.65. The molecule has 20 heavy (non-hydrogen) atoms. The first-order valence-electron chi connectivity index (χ1n) is 7.25. The molecule has 1 amide bonds. The minimum Gasteiger partial charge on any atom is -0.336 e. The van der Waals surface area contributed by atoms with E-state index in [0.717, 1.165) is 43.1 Å². The molecule has 4 heteroatoms. The summed E-state index contributed by atoms with van der Waals surface area (Å²) in [6, 6.07) is 7.73. The number of amides is 1. The van der Waals surface area contributed by atoms with Gasteiger partial charge in [-0.1, -0.05) is 23.7 Å². The Morgan fingerprint density at radius 1 is 1.35 bits per heavy atom. The SMILES string of the molecule is CC1(C)CNCCCN1C(=O)CCc1ccc(Cl)cc1. The van der Waals surface area contributed by atoms with Crippen molar-refractivity contribution in [2.45, 2.75) is 38.6 Å². The Bertz CT molecular complexity index is 456. The first-order chi connectivity index (χ1) is 9.49. The topological polar surface area (TPSA) is 32.3 Å². The molecule has 0 aliphatic carbocycles. The second kappa shape index (κ2) is 6.59. The first kappa shape index (κ1) is 15.3.